The first-order chi connectivity index (χ1) is 11.8. The molecule has 0 spiro atoms. The predicted molar refractivity (Wildman–Crippen MR) is 98.7 cm³/mol. The fourth-order valence-electron chi connectivity index (χ4n) is 3.32. The van der Waals surface area contributed by atoms with Gasteiger partial charge in [0.1, 0.15) is 0 Å². The zero-order valence-electron chi connectivity index (χ0n) is 13.6. The molecular weight excluding hydrogens is 318 g/mol. The average molecular weight is 339 g/mol. The minimum absolute atomic E-state index is 0.493. The molecule has 124 valence electrons. The molecule has 1 N–H and O–H groups in total. The van der Waals surface area contributed by atoms with Crippen molar-refractivity contribution in [1.29, 1.82) is 0 Å². The summed E-state index contributed by atoms with van der Waals surface area (Å²) in [6.45, 7) is 2.18. The topological polar surface area (TPSA) is 49.0 Å². The van der Waals surface area contributed by atoms with Crippen LogP contribution in [0, 0.1) is 0 Å². The highest BCUT2D eigenvalue weighted by molar-refractivity contribution is 7.84. The molecule has 1 aromatic heterocycles. The molecule has 1 unspecified atom stereocenters. The maximum Gasteiger partial charge on any atom is 0.197 e. The number of para-hydroxylation sites is 3. The van der Waals surface area contributed by atoms with Gasteiger partial charge in [0.25, 0.3) is 0 Å². The molecule has 0 amide bonds. The fraction of sp³-hybridized carbons (Fsp3) is 0.316. The molecule has 1 saturated heterocycles. The van der Waals surface area contributed by atoms with Crippen molar-refractivity contribution in [1.82, 2.24) is 9.97 Å². The van der Waals surface area contributed by atoms with Crippen molar-refractivity contribution >= 4 is 27.5 Å². The number of piperidine rings is 1. The average Bonchev–Trinajstić information content (AvgIpc) is 3.07. The zero-order valence-corrected chi connectivity index (χ0v) is 14.4. The molecular formula is C19H21N3OS. The monoisotopic (exact) mass is 339 g/mol. The summed E-state index contributed by atoms with van der Waals surface area (Å²) in [7, 11) is -1.18. The number of H-pyrrole nitrogens is 1. The van der Waals surface area contributed by atoms with Gasteiger partial charge in [-0.05, 0) is 43.0 Å². The van der Waals surface area contributed by atoms with Crippen LogP contribution in [0.2, 0.25) is 0 Å². The number of imidazole rings is 1. The summed E-state index contributed by atoms with van der Waals surface area (Å²) < 4.78 is 12.8. The first kappa shape index (κ1) is 15.4. The molecule has 5 heteroatoms. The van der Waals surface area contributed by atoms with Crippen molar-refractivity contribution in [3.05, 3.63) is 54.1 Å². The van der Waals surface area contributed by atoms with Gasteiger partial charge in [-0.15, -0.1) is 0 Å². The van der Waals surface area contributed by atoms with Crippen LogP contribution in [0.25, 0.3) is 11.0 Å². The number of aromatic amines is 1. The van der Waals surface area contributed by atoms with Crippen LogP contribution in [0.1, 0.15) is 24.8 Å². The molecule has 24 heavy (non-hydrogen) atoms. The van der Waals surface area contributed by atoms with Gasteiger partial charge in [-0.3, -0.25) is 4.21 Å². The van der Waals surface area contributed by atoms with Gasteiger partial charge in [-0.25, -0.2) is 4.98 Å². The predicted octanol–water partition coefficient (Wildman–Crippen LogP) is 3.86. The smallest absolute Gasteiger partial charge is 0.197 e. The SMILES string of the molecule is O=S(Cc1ccccc1N1CCCCC1)c1nc2ccccc2[nH]1. The Morgan fingerprint density at radius 2 is 1.75 bits per heavy atom. The third kappa shape index (κ3) is 3.08. The molecule has 0 radical (unpaired) electrons. The summed E-state index contributed by atoms with van der Waals surface area (Å²) in [4.78, 5) is 10.1. The van der Waals surface area contributed by atoms with E-state index >= 15 is 0 Å². The Bertz CT molecular complexity index is 835. The van der Waals surface area contributed by atoms with Gasteiger partial charge in [0.2, 0.25) is 0 Å². The lowest BCUT2D eigenvalue weighted by Crippen LogP contribution is -2.30. The van der Waals surface area contributed by atoms with Crippen molar-refractivity contribution in [3.63, 3.8) is 0 Å². The van der Waals surface area contributed by atoms with Crippen LogP contribution >= 0.6 is 0 Å². The lowest BCUT2D eigenvalue weighted by atomic mass is 10.1. The molecule has 4 nitrogen and oxygen atoms in total. The summed E-state index contributed by atoms with van der Waals surface area (Å²) in [5.74, 6) is 0.493. The Labute approximate surface area is 144 Å². The third-order valence-corrected chi connectivity index (χ3v) is 5.76. The Balaban J connectivity index is 1.59. The molecule has 3 aromatic rings. The van der Waals surface area contributed by atoms with E-state index in [1.54, 1.807) is 0 Å². The fourth-order valence-corrected chi connectivity index (χ4v) is 4.41. The van der Waals surface area contributed by atoms with Gasteiger partial charge in [-0.2, -0.15) is 0 Å². The van der Waals surface area contributed by atoms with E-state index in [2.05, 4.69) is 33.1 Å². The second kappa shape index (κ2) is 6.77. The molecule has 0 bridgehead atoms. The Morgan fingerprint density at radius 1 is 1.00 bits per heavy atom. The van der Waals surface area contributed by atoms with Crippen molar-refractivity contribution in [2.24, 2.45) is 0 Å². The Kier molecular flexibility index (Phi) is 4.34. The standard InChI is InChI=1S/C19H21N3OS/c23-24(19-20-16-9-3-4-10-17(16)21-19)14-15-8-2-5-11-18(15)22-12-6-1-7-13-22/h2-5,8-11H,1,6-7,12-14H2,(H,20,21). The Morgan fingerprint density at radius 3 is 2.58 bits per heavy atom. The molecule has 1 aliphatic heterocycles. The number of hydrogen-bond acceptors (Lipinski definition) is 3. The van der Waals surface area contributed by atoms with Crippen molar-refractivity contribution in [2.75, 3.05) is 18.0 Å². The number of nitrogens with one attached hydrogen (secondary N) is 1. The number of nitrogens with zero attached hydrogens (tertiary/aromatic N) is 2. The van der Waals surface area contributed by atoms with Crippen LogP contribution in [0.3, 0.4) is 0 Å². The quantitative estimate of drug-likeness (QED) is 0.785. The number of fused-ring (bicyclic) bond motifs is 1. The summed E-state index contributed by atoms with van der Waals surface area (Å²) >= 11 is 0. The summed E-state index contributed by atoms with van der Waals surface area (Å²) in [5.41, 5.74) is 4.16. The highest BCUT2D eigenvalue weighted by Gasteiger charge is 2.17. The number of aromatic nitrogens is 2. The molecule has 1 atom stereocenters. The maximum atomic E-state index is 12.8. The van der Waals surface area contributed by atoms with Gasteiger partial charge in [0.15, 0.2) is 5.16 Å². The van der Waals surface area contributed by atoms with E-state index in [9.17, 15) is 4.21 Å². The number of rotatable bonds is 4. The van der Waals surface area contributed by atoms with Crippen molar-refractivity contribution < 1.29 is 4.21 Å². The molecule has 0 saturated carbocycles. The van der Waals surface area contributed by atoms with E-state index in [0.717, 1.165) is 29.7 Å². The van der Waals surface area contributed by atoms with E-state index in [1.807, 2.05) is 30.3 Å². The second-order valence-electron chi connectivity index (χ2n) is 6.23. The first-order valence-corrected chi connectivity index (χ1v) is 9.79. The molecule has 0 aliphatic carbocycles. The number of hydrogen-bond donors (Lipinski definition) is 1. The number of anilines is 1. The summed E-state index contributed by atoms with van der Waals surface area (Å²) in [5, 5.41) is 0.560. The van der Waals surface area contributed by atoms with Crippen LogP contribution in [0.5, 0.6) is 0 Å². The van der Waals surface area contributed by atoms with E-state index in [-0.39, 0.29) is 0 Å². The van der Waals surface area contributed by atoms with Crippen LogP contribution < -0.4 is 4.90 Å². The molecule has 2 heterocycles. The van der Waals surface area contributed by atoms with E-state index < -0.39 is 10.8 Å². The Hall–Kier alpha value is -2.14. The normalized spacial score (nSPS) is 16.4. The van der Waals surface area contributed by atoms with Gasteiger partial charge < -0.3 is 9.88 Å². The highest BCUT2D eigenvalue weighted by Crippen LogP contribution is 2.26. The minimum Gasteiger partial charge on any atom is -0.371 e. The van der Waals surface area contributed by atoms with Crippen molar-refractivity contribution in [2.45, 2.75) is 30.2 Å². The van der Waals surface area contributed by atoms with Crippen LogP contribution in [-0.4, -0.2) is 27.3 Å². The van der Waals surface area contributed by atoms with Crippen LogP contribution in [-0.2, 0) is 16.6 Å². The third-order valence-electron chi connectivity index (χ3n) is 4.56. The maximum absolute atomic E-state index is 12.8. The molecule has 2 aromatic carbocycles. The van der Waals surface area contributed by atoms with E-state index in [1.165, 1.54) is 24.9 Å². The van der Waals surface area contributed by atoms with E-state index in [4.69, 9.17) is 0 Å². The van der Waals surface area contributed by atoms with Gasteiger partial charge in [0.05, 0.1) is 27.6 Å². The minimum atomic E-state index is -1.18. The van der Waals surface area contributed by atoms with Crippen LogP contribution in [0.15, 0.2) is 53.7 Å². The van der Waals surface area contributed by atoms with Gasteiger partial charge >= 0.3 is 0 Å². The lowest BCUT2D eigenvalue weighted by Gasteiger charge is -2.30. The molecule has 1 fully saturated rings. The summed E-state index contributed by atoms with van der Waals surface area (Å²) in [6, 6.07) is 16.1. The highest BCUT2D eigenvalue weighted by atomic mass is 32.2. The molecule has 1 aliphatic rings. The van der Waals surface area contributed by atoms with E-state index in [0.29, 0.717) is 10.9 Å². The lowest BCUT2D eigenvalue weighted by molar-refractivity contribution is 0.577. The first-order valence-electron chi connectivity index (χ1n) is 8.47. The molecule has 4 rings (SSSR count). The largest absolute Gasteiger partial charge is 0.371 e. The van der Waals surface area contributed by atoms with Gasteiger partial charge in [0, 0.05) is 18.8 Å². The van der Waals surface area contributed by atoms with Gasteiger partial charge in [-0.1, -0.05) is 30.3 Å². The summed E-state index contributed by atoms with van der Waals surface area (Å²) in [6.07, 6.45) is 3.78. The zero-order chi connectivity index (χ0) is 16.4. The number of benzene rings is 2. The second-order valence-corrected chi connectivity index (χ2v) is 7.59. The van der Waals surface area contributed by atoms with Crippen LogP contribution in [0.4, 0.5) is 5.69 Å². The van der Waals surface area contributed by atoms with Crippen molar-refractivity contribution in [3.8, 4) is 0 Å².